The van der Waals surface area contributed by atoms with Crippen molar-refractivity contribution in [3.63, 3.8) is 0 Å². The molecule has 1 amide bonds. The summed E-state index contributed by atoms with van der Waals surface area (Å²) in [5.41, 5.74) is 3.14. The normalized spacial score (nSPS) is 14.1. The van der Waals surface area contributed by atoms with Gasteiger partial charge in [0, 0.05) is 41.2 Å². The fourth-order valence-electron chi connectivity index (χ4n) is 5.55. The van der Waals surface area contributed by atoms with E-state index in [1.54, 1.807) is 30.3 Å². The van der Waals surface area contributed by atoms with Gasteiger partial charge in [-0.25, -0.2) is 14.2 Å². The Morgan fingerprint density at radius 3 is 2.27 bits per heavy atom. The summed E-state index contributed by atoms with van der Waals surface area (Å²) in [7, 11) is 1.27. The summed E-state index contributed by atoms with van der Waals surface area (Å²) < 4.78 is 17.4. The topological polar surface area (TPSA) is 125 Å². The van der Waals surface area contributed by atoms with Gasteiger partial charge in [0.25, 0.3) is 0 Å². The maximum atomic E-state index is 12.9. The van der Waals surface area contributed by atoms with E-state index in [0.29, 0.717) is 52.0 Å². The van der Waals surface area contributed by atoms with E-state index in [1.165, 1.54) is 31.4 Å². The number of fused-ring (bicyclic) bond motifs is 1. The Kier molecular flexibility index (Phi) is 11.3. The van der Waals surface area contributed by atoms with Crippen molar-refractivity contribution in [1.82, 2.24) is 14.9 Å². The number of carbonyl (C=O) groups is 3. The number of amides is 1. The van der Waals surface area contributed by atoms with Gasteiger partial charge in [-0.3, -0.25) is 14.9 Å². The predicted molar refractivity (Wildman–Crippen MR) is 183 cm³/mol. The number of carbonyl (C=O) groups excluding carboxylic acids is 3. The molecule has 1 fully saturated rings. The van der Waals surface area contributed by atoms with E-state index in [0.717, 1.165) is 31.6 Å². The van der Waals surface area contributed by atoms with Crippen molar-refractivity contribution in [2.75, 3.05) is 32.1 Å². The number of ether oxygens (including phenoxy) is 1. The smallest absolute Gasteiger partial charge is 0.413 e. The van der Waals surface area contributed by atoms with E-state index < -0.39 is 11.7 Å². The molecule has 0 unspecified atom stereocenters. The number of halogens is 2. The number of aliphatic hydroxyl groups is 1. The highest BCUT2D eigenvalue weighted by Crippen LogP contribution is 2.33. The zero-order chi connectivity index (χ0) is 34.1. The number of H-pyrrole nitrogens is 1. The third kappa shape index (κ3) is 8.92. The van der Waals surface area contributed by atoms with Crippen LogP contribution in [0.5, 0.6) is 0 Å². The molecule has 0 saturated carbocycles. The van der Waals surface area contributed by atoms with Gasteiger partial charge in [-0.15, -0.1) is 0 Å². The van der Waals surface area contributed by atoms with Crippen LogP contribution in [-0.4, -0.2) is 64.4 Å². The number of methoxy groups -OCH3 is 1. The summed E-state index contributed by atoms with van der Waals surface area (Å²) in [6.07, 6.45) is 1.93. The molecule has 1 aliphatic rings. The van der Waals surface area contributed by atoms with E-state index >= 15 is 0 Å². The van der Waals surface area contributed by atoms with Crippen LogP contribution < -0.4 is 5.32 Å². The number of Topliss-reactive ketones (excluding diaryl/α,β-unsaturated/α-hetero) is 1. The van der Waals surface area contributed by atoms with Gasteiger partial charge >= 0.3 is 6.09 Å². The maximum Gasteiger partial charge on any atom is 0.413 e. The molecule has 0 radical (unpaired) electrons. The number of hydrogen-bond acceptors (Lipinski definition) is 7. The number of aromatic amines is 1. The van der Waals surface area contributed by atoms with Crippen LogP contribution >= 0.6 is 11.6 Å². The van der Waals surface area contributed by atoms with Crippen molar-refractivity contribution in [3.8, 4) is 0 Å². The number of hydrogen-bond donors (Lipinski definition) is 3. The minimum Gasteiger partial charge on any atom is -0.453 e. The number of benzene rings is 4. The number of aromatic nitrogens is 2. The van der Waals surface area contributed by atoms with Gasteiger partial charge in [0.2, 0.25) is 5.95 Å². The lowest BCUT2D eigenvalue weighted by molar-refractivity contribution is -0.0260. The van der Waals surface area contributed by atoms with Gasteiger partial charge < -0.3 is 19.7 Å². The molecular formula is C37H36ClFN4O5. The molecule has 4 aromatic carbocycles. The molecule has 0 atom stereocenters. The summed E-state index contributed by atoms with van der Waals surface area (Å²) in [5, 5.41) is 14.0. The van der Waals surface area contributed by atoms with Crippen LogP contribution in [0.25, 0.3) is 11.0 Å². The molecule has 1 saturated heterocycles. The first-order valence-corrected chi connectivity index (χ1v) is 16.0. The summed E-state index contributed by atoms with van der Waals surface area (Å²) >= 11 is 5.92. The number of piperidine rings is 1. The number of nitrogens with zero attached hydrogens (tertiary/aromatic N) is 2. The molecule has 0 bridgehead atoms. The summed E-state index contributed by atoms with van der Waals surface area (Å²) in [5.74, 6) is -0.0894. The molecule has 9 nitrogen and oxygen atoms in total. The van der Waals surface area contributed by atoms with Crippen LogP contribution in [0.1, 0.15) is 57.5 Å². The third-order valence-electron chi connectivity index (χ3n) is 8.30. The second-order valence-electron chi connectivity index (χ2n) is 11.5. The van der Waals surface area contributed by atoms with Crippen LogP contribution in [0.15, 0.2) is 97.1 Å². The van der Waals surface area contributed by atoms with Crippen molar-refractivity contribution in [2.45, 2.75) is 31.3 Å². The van der Waals surface area contributed by atoms with E-state index in [-0.39, 0.29) is 23.3 Å². The Morgan fingerprint density at radius 1 is 0.938 bits per heavy atom. The van der Waals surface area contributed by atoms with E-state index in [2.05, 4.69) is 24.9 Å². The van der Waals surface area contributed by atoms with Gasteiger partial charge in [0.05, 0.1) is 23.7 Å². The first kappa shape index (κ1) is 34.4. The second kappa shape index (κ2) is 15.8. The van der Waals surface area contributed by atoms with Crippen molar-refractivity contribution >= 4 is 46.2 Å². The number of imidazole rings is 1. The average molecular weight is 671 g/mol. The minimum atomic E-state index is -0.801. The van der Waals surface area contributed by atoms with Crippen LogP contribution in [0.3, 0.4) is 0 Å². The van der Waals surface area contributed by atoms with E-state index in [9.17, 15) is 23.9 Å². The molecule has 1 aromatic heterocycles. The SMILES string of the molecule is COC(=O)Nc1nc2ccc(C(=O)c3ccccc3)cc2[nH]1.O=C(CCCN1CCC(O)(c2ccc(Cl)cc2)CC1)c1ccc(F)cc1. The van der Waals surface area contributed by atoms with Crippen LogP contribution in [0.2, 0.25) is 5.02 Å². The standard InChI is InChI=1S/C21H23ClFNO2.C16H13N3O3/c22-18-7-5-17(6-8-18)21(26)11-14-24(15-12-21)13-1-2-20(25)16-3-9-19(23)10-4-16;1-22-16(21)19-15-17-12-8-7-11(9-13(12)18-15)14(20)10-5-3-2-4-6-10/h3-10,26H,1-2,11-15H2;2-9H,1H3,(H2,17,18,19,21). The molecule has 0 spiro atoms. The van der Waals surface area contributed by atoms with Gasteiger partial charge in [-0.2, -0.15) is 0 Å². The zero-order valence-corrected chi connectivity index (χ0v) is 27.2. The third-order valence-corrected chi connectivity index (χ3v) is 8.55. The van der Waals surface area contributed by atoms with Gasteiger partial charge in [0.15, 0.2) is 11.6 Å². The minimum absolute atomic E-state index is 0.0414. The van der Waals surface area contributed by atoms with Gasteiger partial charge in [-0.05, 0) is 86.0 Å². The van der Waals surface area contributed by atoms with Gasteiger partial charge in [0.1, 0.15) is 5.82 Å². The van der Waals surface area contributed by atoms with Crippen molar-refractivity contribution in [2.24, 2.45) is 0 Å². The second-order valence-corrected chi connectivity index (χ2v) is 12.0. The van der Waals surface area contributed by atoms with Crippen LogP contribution in [0.4, 0.5) is 15.1 Å². The number of anilines is 1. The molecule has 248 valence electrons. The Morgan fingerprint density at radius 2 is 1.60 bits per heavy atom. The molecule has 2 heterocycles. The highest BCUT2D eigenvalue weighted by molar-refractivity contribution is 6.30. The molecule has 5 aromatic rings. The Labute approximate surface area is 282 Å². The number of rotatable bonds is 9. The molecule has 1 aliphatic heterocycles. The highest BCUT2D eigenvalue weighted by atomic mass is 35.5. The molecular weight excluding hydrogens is 635 g/mol. The lowest BCUT2D eigenvalue weighted by Crippen LogP contribution is -2.42. The molecule has 6 rings (SSSR count). The van der Waals surface area contributed by atoms with Crippen molar-refractivity contribution in [3.05, 3.63) is 130 Å². The highest BCUT2D eigenvalue weighted by Gasteiger charge is 2.33. The number of ketones is 2. The number of likely N-dealkylation sites (tertiary alicyclic amines) is 1. The first-order valence-electron chi connectivity index (χ1n) is 15.6. The molecule has 48 heavy (non-hydrogen) atoms. The quantitative estimate of drug-likeness (QED) is 0.140. The fraction of sp³-hybridized carbons (Fsp3) is 0.243. The largest absolute Gasteiger partial charge is 0.453 e. The fourth-order valence-corrected chi connectivity index (χ4v) is 5.68. The Bertz CT molecular complexity index is 1860. The Hall–Kier alpha value is -4.90. The monoisotopic (exact) mass is 670 g/mol. The average Bonchev–Trinajstić information content (AvgIpc) is 3.51. The van der Waals surface area contributed by atoms with Crippen molar-refractivity contribution in [1.29, 1.82) is 0 Å². The number of nitrogens with one attached hydrogen (secondary N) is 2. The predicted octanol–water partition coefficient (Wildman–Crippen LogP) is 7.40. The summed E-state index contributed by atoms with van der Waals surface area (Å²) in [6.45, 7) is 2.41. The van der Waals surface area contributed by atoms with E-state index in [4.69, 9.17) is 11.6 Å². The lowest BCUT2D eigenvalue weighted by Gasteiger charge is -2.38. The maximum absolute atomic E-state index is 12.9. The Balaban J connectivity index is 0.000000190. The van der Waals surface area contributed by atoms with Crippen LogP contribution in [0, 0.1) is 5.82 Å². The zero-order valence-electron chi connectivity index (χ0n) is 26.4. The summed E-state index contributed by atoms with van der Waals surface area (Å²) in [6, 6.07) is 27.3. The first-order chi connectivity index (χ1) is 23.1. The molecule has 3 N–H and O–H groups in total. The van der Waals surface area contributed by atoms with Gasteiger partial charge in [-0.1, -0.05) is 54.1 Å². The lowest BCUT2D eigenvalue weighted by atomic mass is 9.84. The summed E-state index contributed by atoms with van der Waals surface area (Å²) in [4.78, 5) is 45.1. The molecule has 0 aliphatic carbocycles. The van der Waals surface area contributed by atoms with E-state index in [1.807, 2.05) is 42.5 Å². The van der Waals surface area contributed by atoms with Crippen molar-refractivity contribution < 1.29 is 28.6 Å². The molecule has 11 heteroatoms. The van der Waals surface area contributed by atoms with Crippen LogP contribution in [-0.2, 0) is 10.3 Å².